The molecule has 0 aliphatic rings. The molecule has 110 valence electrons. The molecule has 1 rings (SSSR count). The number of thioether (sulfide) groups is 1. The van der Waals surface area contributed by atoms with Crippen LogP contribution in [0.1, 0.15) is 25.1 Å². The monoisotopic (exact) mass is 397 g/mol. The molecule has 0 radical (unpaired) electrons. The van der Waals surface area contributed by atoms with E-state index in [-0.39, 0.29) is 28.7 Å². The van der Waals surface area contributed by atoms with Gasteiger partial charge in [0.2, 0.25) is 0 Å². The van der Waals surface area contributed by atoms with Crippen LogP contribution in [0.4, 0.5) is 0 Å². The van der Waals surface area contributed by atoms with E-state index in [2.05, 4.69) is 45.9 Å². The zero-order valence-corrected chi connectivity index (χ0v) is 15.3. The highest BCUT2D eigenvalue weighted by atomic mass is 127. The first-order chi connectivity index (χ1) is 8.48. The van der Waals surface area contributed by atoms with Gasteiger partial charge in [0.25, 0.3) is 0 Å². The van der Waals surface area contributed by atoms with Gasteiger partial charge in [-0.25, -0.2) is 0 Å². The van der Waals surface area contributed by atoms with Crippen LogP contribution in [0.5, 0.6) is 0 Å². The summed E-state index contributed by atoms with van der Waals surface area (Å²) < 4.78 is 0.198. The fourth-order valence-corrected chi connectivity index (χ4v) is 1.54. The van der Waals surface area contributed by atoms with Gasteiger partial charge < -0.3 is 10.6 Å². The number of hydrogen-bond donors (Lipinski definition) is 3. The Kier molecular flexibility index (Phi) is 8.47. The van der Waals surface area contributed by atoms with Gasteiger partial charge in [-0.15, -0.1) is 24.0 Å². The Morgan fingerprint density at radius 3 is 2.63 bits per heavy atom. The summed E-state index contributed by atoms with van der Waals surface area (Å²) in [6.07, 6.45) is 3.95. The maximum absolute atomic E-state index is 4.21. The van der Waals surface area contributed by atoms with Gasteiger partial charge in [0.1, 0.15) is 0 Å². The highest BCUT2D eigenvalue weighted by Crippen LogP contribution is 2.19. The topological polar surface area (TPSA) is 65.1 Å². The van der Waals surface area contributed by atoms with Crippen molar-refractivity contribution in [3.05, 3.63) is 17.5 Å². The van der Waals surface area contributed by atoms with E-state index in [0.717, 1.165) is 30.3 Å². The van der Waals surface area contributed by atoms with Gasteiger partial charge in [-0.05, 0) is 27.0 Å². The van der Waals surface area contributed by atoms with Gasteiger partial charge in [-0.3, -0.25) is 10.1 Å². The number of guanidine groups is 1. The molecule has 0 fully saturated rings. The number of rotatable bonds is 5. The third-order valence-electron chi connectivity index (χ3n) is 2.84. The smallest absolute Gasteiger partial charge is 0.191 e. The highest BCUT2D eigenvalue weighted by molar-refractivity contribution is 14.0. The lowest BCUT2D eigenvalue weighted by Gasteiger charge is -2.23. The molecule has 0 spiro atoms. The summed E-state index contributed by atoms with van der Waals surface area (Å²) in [4.78, 5) is 4.21. The quantitative estimate of drug-likeness (QED) is 0.405. The lowest BCUT2D eigenvalue weighted by Crippen LogP contribution is -2.43. The SMILES string of the molecule is CN=C(NCc1cn[nH]c1C)NCC(C)(C)SC.I. The van der Waals surface area contributed by atoms with Crippen LogP contribution in [0.15, 0.2) is 11.2 Å². The van der Waals surface area contributed by atoms with Crippen LogP contribution in [0, 0.1) is 6.92 Å². The number of nitrogens with one attached hydrogen (secondary N) is 3. The first-order valence-corrected chi connectivity index (χ1v) is 7.19. The van der Waals surface area contributed by atoms with Gasteiger partial charge in [0.05, 0.1) is 6.20 Å². The first kappa shape index (κ1) is 18.6. The zero-order valence-electron chi connectivity index (χ0n) is 12.2. The fourth-order valence-electron chi connectivity index (χ4n) is 1.32. The lowest BCUT2D eigenvalue weighted by atomic mass is 10.2. The number of nitrogens with zero attached hydrogens (tertiary/aromatic N) is 2. The van der Waals surface area contributed by atoms with E-state index in [1.165, 1.54) is 0 Å². The van der Waals surface area contributed by atoms with Crippen LogP contribution in [-0.4, -0.2) is 40.8 Å². The molecule has 0 atom stereocenters. The molecule has 0 aliphatic heterocycles. The third-order valence-corrected chi connectivity index (χ3v) is 4.09. The van der Waals surface area contributed by atoms with Crippen molar-refractivity contribution in [2.45, 2.75) is 32.1 Å². The van der Waals surface area contributed by atoms with Crippen LogP contribution >= 0.6 is 35.7 Å². The average molecular weight is 397 g/mol. The Balaban J connectivity index is 0.00000324. The predicted molar refractivity (Wildman–Crippen MR) is 94.5 cm³/mol. The van der Waals surface area contributed by atoms with Crippen LogP contribution in [0.3, 0.4) is 0 Å². The summed E-state index contributed by atoms with van der Waals surface area (Å²) in [7, 11) is 1.78. The van der Waals surface area contributed by atoms with Crippen molar-refractivity contribution in [3.63, 3.8) is 0 Å². The lowest BCUT2D eigenvalue weighted by molar-refractivity contribution is 0.664. The van der Waals surface area contributed by atoms with Crippen molar-refractivity contribution in [3.8, 4) is 0 Å². The molecule has 0 saturated heterocycles. The van der Waals surface area contributed by atoms with Crippen LogP contribution in [0.2, 0.25) is 0 Å². The second-order valence-electron chi connectivity index (χ2n) is 4.76. The van der Waals surface area contributed by atoms with Crippen LogP contribution in [0.25, 0.3) is 0 Å². The van der Waals surface area contributed by atoms with Gasteiger partial charge >= 0.3 is 0 Å². The minimum Gasteiger partial charge on any atom is -0.355 e. The number of hydrogen-bond acceptors (Lipinski definition) is 3. The summed E-state index contributed by atoms with van der Waals surface area (Å²) >= 11 is 1.84. The van der Waals surface area contributed by atoms with Crippen LogP contribution in [-0.2, 0) is 6.54 Å². The number of aliphatic imine (C=N–C) groups is 1. The van der Waals surface area contributed by atoms with E-state index >= 15 is 0 Å². The van der Waals surface area contributed by atoms with E-state index in [4.69, 9.17) is 0 Å². The average Bonchev–Trinajstić information content (AvgIpc) is 2.75. The normalized spacial score (nSPS) is 11.9. The van der Waals surface area contributed by atoms with Crippen LogP contribution < -0.4 is 10.6 Å². The van der Waals surface area contributed by atoms with Gasteiger partial charge in [0, 0.05) is 36.1 Å². The molecular weight excluding hydrogens is 373 g/mol. The zero-order chi connectivity index (χ0) is 13.6. The van der Waals surface area contributed by atoms with E-state index in [9.17, 15) is 0 Å². The molecule has 1 heterocycles. The Morgan fingerprint density at radius 1 is 1.47 bits per heavy atom. The second kappa shape index (κ2) is 8.68. The van der Waals surface area contributed by atoms with Crippen molar-refractivity contribution in [2.24, 2.45) is 4.99 Å². The molecule has 5 nitrogen and oxygen atoms in total. The minimum absolute atomic E-state index is 0. The summed E-state index contributed by atoms with van der Waals surface area (Å²) in [6.45, 7) is 8.02. The summed E-state index contributed by atoms with van der Waals surface area (Å²) in [6, 6.07) is 0. The Labute approximate surface area is 136 Å². The van der Waals surface area contributed by atoms with Gasteiger partial charge in [-0.1, -0.05) is 0 Å². The van der Waals surface area contributed by atoms with Gasteiger partial charge in [-0.2, -0.15) is 16.9 Å². The summed E-state index contributed by atoms with van der Waals surface area (Å²) in [5.41, 5.74) is 2.24. The first-order valence-electron chi connectivity index (χ1n) is 5.97. The molecule has 0 saturated carbocycles. The second-order valence-corrected chi connectivity index (χ2v) is 6.28. The molecule has 7 heteroatoms. The van der Waals surface area contributed by atoms with Crippen molar-refractivity contribution in [2.75, 3.05) is 19.8 Å². The van der Waals surface area contributed by atoms with E-state index in [1.807, 2.05) is 24.9 Å². The van der Waals surface area contributed by atoms with Crippen molar-refractivity contribution >= 4 is 41.7 Å². The molecule has 19 heavy (non-hydrogen) atoms. The Morgan fingerprint density at radius 2 is 2.16 bits per heavy atom. The highest BCUT2D eigenvalue weighted by Gasteiger charge is 2.16. The van der Waals surface area contributed by atoms with E-state index < -0.39 is 0 Å². The maximum Gasteiger partial charge on any atom is 0.191 e. The maximum atomic E-state index is 4.21. The number of halogens is 1. The third kappa shape index (κ3) is 6.51. The van der Waals surface area contributed by atoms with Crippen molar-refractivity contribution in [1.82, 2.24) is 20.8 Å². The fraction of sp³-hybridized carbons (Fsp3) is 0.667. The number of aromatic amines is 1. The molecule has 3 N–H and O–H groups in total. The Bertz CT molecular complexity index is 403. The molecule has 0 aliphatic carbocycles. The number of aryl methyl sites for hydroxylation is 1. The Hall–Kier alpha value is -0.440. The number of aromatic nitrogens is 2. The molecule has 0 amide bonds. The summed E-state index contributed by atoms with van der Waals surface area (Å²) in [5, 5.41) is 13.5. The molecule has 0 bridgehead atoms. The molecular formula is C12H24IN5S. The molecule has 0 unspecified atom stereocenters. The van der Waals surface area contributed by atoms with Crippen molar-refractivity contribution < 1.29 is 0 Å². The summed E-state index contributed by atoms with van der Waals surface area (Å²) in [5.74, 6) is 0.817. The molecule has 1 aromatic heterocycles. The standard InChI is InChI=1S/C12H23N5S.HI/c1-9-10(7-16-17-9)6-14-11(13-4)15-8-12(2,3)18-5;/h7H,6,8H2,1-5H3,(H,16,17)(H2,13,14,15);1H. The molecule has 1 aromatic rings. The van der Waals surface area contributed by atoms with Crippen molar-refractivity contribution in [1.29, 1.82) is 0 Å². The largest absolute Gasteiger partial charge is 0.355 e. The van der Waals surface area contributed by atoms with E-state index in [0.29, 0.717) is 0 Å². The van der Waals surface area contributed by atoms with E-state index in [1.54, 1.807) is 7.05 Å². The van der Waals surface area contributed by atoms with Gasteiger partial charge in [0.15, 0.2) is 5.96 Å². The predicted octanol–water partition coefficient (Wildman–Crippen LogP) is 2.14. The number of H-pyrrole nitrogens is 1. The minimum atomic E-state index is 0. The molecule has 0 aromatic carbocycles.